The van der Waals surface area contributed by atoms with Gasteiger partial charge >= 0.3 is 0 Å². The molecule has 0 spiro atoms. The molecule has 0 radical (unpaired) electrons. The van der Waals surface area contributed by atoms with E-state index in [0.29, 0.717) is 6.42 Å². The summed E-state index contributed by atoms with van der Waals surface area (Å²) >= 11 is 0. The summed E-state index contributed by atoms with van der Waals surface area (Å²) in [6.45, 7) is 6.73. The van der Waals surface area contributed by atoms with Crippen LogP contribution >= 0.6 is 0 Å². The average molecular weight is 910 g/mol. The molecule has 5 nitrogen and oxygen atoms in total. The smallest absolute Gasteiger partial charge is 0.106 e. The number of hydrogen-bond donors (Lipinski definition) is 0. The van der Waals surface area contributed by atoms with Gasteiger partial charge in [0, 0.05) is 43.1 Å². The Hall–Kier alpha value is -9.19. The van der Waals surface area contributed by atoms with Gasteiger partial charge in [-0.05, 0) is 96.8 Å². The van der Waals surface area contributed by atoms with E-state index in [1.807, 2.05) is 0 Å². The van der Waals surface area contributed by atoms with Gasteiger partial charge in [0.25, 0.3) is 0 Å². The number of nitrogens with zero attached hydrogens (tertiary/aromatic N) is 5. The summed E-state index contributed by atoms with van der Waals surface area (Å²) in [6.07, 6.45) is 0.699. The highest BCUT2D eigenvalue weighted by Gasteiger charge is 2.23. The molecular weight excluding hydrogens is 863 g/mol. The third kappa shape index (κ3) is 6.43. The normalized spacial score (nSPS) is 12.7. The van der Waals surface area contributed by atoms with E-state index < -0.39 is 0 Å². The van der Waals surface area contributed by atoms with Crippen LogP contribution in [0.4, 0.5) is 0 Å². The molecular formula is C66H47N5. The fourth-order valence-corrected chi connectivity index (χ4v) is 11.6. The highest BCUT2D eigenvalue weighted by molar-refractivity contribution is 6.21. The van der Waals surface area contributed by atoms with Crippen LogP contribution in [-0.2, 0) is 0 Å². The molecule has 0 amide bonds. The summed E-state index contributed by atoms with van der Waals surface area (Å²) in [6, 6.07) is 85.9. The summed E-state index contributed by atoms with van der Waals surface area (Å²) in [5.41, 5.74) is 15.9. The van der Waals surface area contributed by atoms with Crippen LogP contribution in [-0.4, -0.2) is 24.1 Å². The zero-order chi connectivity index (χ0) is 47.2. The first kappa shape index (κ1) is 40.8. The van der Waals surface area contributed by atoms with Crippen LogP contribution in [0.3, 0.4) is 0 Å². The van der Waals surface area contributed by atoms with Crippen molar-refractivity contribution in [1.29, 1.82) is 0 Å². The molecule has 1 atom stereocenters. The number of aromatic nitrogens is 4. The maximum atomic E-state index is 5.61. The number of rotatable bonds is 8. The molecule has 336 valence electrons. The highest BCUT2D eigenvalue weighted by Crippen LogP contribution is 2.42. The van der Waals surface area contributed by atoms with Crippen LogP contribution in [0.5, 0.6) is 0 Å². The standard InChI is InChI=1S/C66H47N5/c1-43(45-21-5-3-6-22-45)37-58(46-23-7-4-8-24-46)67-44(2)68-59-31-15-13-29-54(59)56-42-66-57(41-65(56)68)55-30-14-20-36-64(55)71(66)49-39-47(69-60-32-16-9-25-50(60)51-26-10-17-33-61(51)69)38-48(40-49)70-62-34-18-11-27-52(62)53-28-12-19-35-63(53)70/h3-36,38-42,58H,1,37H2,2H3. The van der Waals surface area contributed by atoms with Gasteiger partial charge in [-0.15, -0.1) is 0 Å². The van der Waals surface area contributed by atoms with E-state index in [1.54, 1.807) is 0 Å². The Morgan fingerprint density at radius 1 is 0.366 bits per heavy atom. The lowest BCUT2D eigenvalue weighted by Gasteiger charge is -2.18. The molecule has 5 heteroatoms. The second-order valence-electron chi connectivity index (χ2n) is 18.8. The number of para-hydroxylation sites is 6. The van der Waals surface area contributed by atoms with E-state index >= 15 is 0 Å². The monoisotopic (exact) mass is 909 g/mol. The van der Waals surface area contributed by atoms with Crippen molar-refractivity contribution in [2.45, 2.75) is 19.4 Å². The molecule has 0 aliphatic carbocycles. The Morgan fingerprint density at radius 2 is 0.704 bits per heavy atom. The van der Waals surface area contributed by atoms with Crippen molar-refractivity contribution in [3.8, 4) is 17.1 Å². The van der Waals surface area contributed by atoms with Crippen molar-refractivity contribution in [3.05, 3.63) is 254 Å². The summed E-state index contributed by atoms with van der Waals surface area (Å²) in [5.74, 6) is 0.934. The largest absolute Gasteiger partial charge is 0.309 e. The fraction of sp³-hybridized carbons (Fsp3) is 0.0455. The van der Waals surface area contributed by atoms with Crippen LogP contribution in [0.15, 0.2) is 248 Å². The minimum Gasteiger partial charge on any atom is -0.309 e. The maximum Gasteiger partial charge on any atom is 0.106 e. The first-order valence-corrected chi connectivity index (χ1v) is 24.5. The van der Waals surface area contributed by atoms with Gasteiger partial charge in [-0.2, -0.15) is 0 Å². The van der Waals surface area contributed by atoms with Crippen LogP contribution in [0.2, 0.25) is 0 Å². The molecule has 4 aromatic heterocycles. The Balaban J connectivity index is 1.03. The molecule has 71 heavy (non-hydrogen) atoms. The second-order valence-corrected chi connectivity index (χ2v) is 18.8. The first-order chi connectivity index (χ1) is 35.1. The minimum absolute atomic E-state index is 0.128. The molecule has 0 N–H and O–H groups in total. The van der Waals surface area contributed by atoms with Crippen molar-refractivity contribution in [3.63, 3.8) is 0 Å². The van der Waals surface area contributed by atoms with Crippen molar-refractivity contribution >= 4 is 98.6 Å². The third-order valence-corrected chi connectivity index (χ3v) is 14.8. The lowest BCUT2D eigenvalue weighted by atomic mass is 9.96. The molecule has 0 aliphatic heterocycles. The molecule has 0 saturated heterocycles. The average Bonchev–Trinajstić information content (AvgIpc) is 4.15. The maximum absolute atomic E-state index is 5.61. The quantitative estimate of drug-likeness (QED) is 0.107. The summed E-state index contributed by atoms with van der Waals surface area (Å²) in [7, 11) is 0. The van der Waals surface area contributed by atoms with E-state index in [2.05, 4.69) is 268 Å². The predicted octanol–water partition coefficient (Wildman–Crippen LogP) is 17.2. The lowest BCUT2D eigenvalue weighted by Crippen LogP contribution is -2.10. The summed E-state index contributed by atoms with van der Waals surface area (Å²) < 4.78 is 9.77. The van der Waals surface area contributed by atoms with Crippen molar-refractivity contribution in [2.24, 2.45) is 4.99 Å². The van der Waals surface area contributed by atoms with Gasteiger partial charge in [-0.25, -0.2) is 0 Å². The van der Waals surface area contributed by atoms with Gasteiger partial charge < -0.3 is 13.7 Å². The van der Waals surface area contributed by atoms with E-state index in [9.17, 15) is 0 Å². The predicted molar refractivity (Wildman–Crippen MR) is 300 cm³/mol. The van der Waals surface area contributed by atoms with Gasteiger partial charge in [-0.1, -0.05) is 176 Å². The van der Waals surface area contributed by atoms with Crippen LogP contribution in [0.25, 0.3) is 110 Å². The van der Waals surface area contributed by atoms with Crippen LogP contribution in [0, 0.1) is 0 Å². The molecule has 0 aliphatic rings. The molecule has 14 rings (SSSR count). The van der Waals surface area contributed by atoms with E-state index in [1.165, 1.54) is 70.7 Å². The molecule has 0 bridgehead atoms. The highest BCUT2D eigenvalue weighted by atomic mass is 15.1. The van der Waals surface area contributed by atoms with Crippen molar-refractivity contribution in [1.82, 2.24) is 18.3 Å². The van der Waals surface area contributed by atoms with Crippen molar-refractivity contribution in [2.75, 3.05) is 0 Å². The number of hydrogen-bond acceptors (Lipinski definition) is 1. The Bertz CT molecular complexity index is 4220. The Labute approximate surface area is 410 Å². The minimum atomic E-state index is -0.128. The van der Waals surface area contributed by atoms with Crippen LogP contribution < -0.4 is 0 Å². The second kappa shape index (κ2) is 16.2. The topological polar surface area (TPSA) is 32.1 Å². The van der Waals surface area contributed by atoms with Gasteiger partial charge in [-0.3, -0.25) is 9.56 Å². The number of benzene rings is 10. The molecule has 1 unspecified atom stereocenters. The van der Waals surface area contributed by atoms with Gasteiger partial charge in [0.05, 0.1) is 67.2 Å². The zero-order valence-corrected chi connectivity index (χ0v) is 39.2. The Morgan fingerprint density at radius 3 is 1.17 bits per heavy atom. The van der Waals surface area contributed by atoms with Crippen LogP contribution in [0.1, 0.15) is 30.5 Å². The first-order valence-electron chi connectivity index (χ1n) is 24.5. The Kier molecular flexibility index (Phi) is 9.33. The fourth-order valence-electron chi connectivity index (χ4n) is 11.6. The third-order valence-electron chi connectivity index (χ3n) is 14.8. The van der Waals surface area contributed by atoms with E-state index in [0.717, 1.165) is 56.1 Å². The molecule has 0 fully saturated rings. The van der Waals surface area contributed by atoms with Gasteiger partial charge in [0.1, 0.15) is 5.84 Å². The SMILES string of the molecule is C=C(CC(N=C(C)n1c2ccccc2c2cc3c(cc21)c1ccccc1n3-c1cc(-n2c3ccccc3c3ccccc32)cc(-n2c3ccccc3c3ccccc32)c1)c1ccccc1)c1ccccc1. The van der Waals surface area contributed by atoms with E-state index in [-0.39, 0.29) is 6.04 Å². The lowest BCUT2D eigenvalue weighted by molar-refractivity contribution is 0.748. The molecule has 0 saturated carbocycles. The number of fused-ring (bicyclic) bond motifs is 12. The molecule has 4 heterocycles. The molecule has 10 aromatic carbocycles. The van der Waals surface area contributed by atoms with Gasteiger partial charge in [0.2, 0.25) is 0 Å². The zero-order valence-electron chi connectivity index (χ0n) is 39.2. The number of aliphatic imine (C=N–C) groups is 1. The molecule has 14 aromatic rings. The summed E-state index contributed by atoms with van der Waals surface area (Å²) in [4.78, 5) is 5.61. The summed E-state index contributed by atoms with van der Waals surface area (Å²) in [5, 5.41) is 9.68. The van der Waals surface area contributed by atoms with E-state index in [4.69, 9.17) is 4.99 Å². The van der Waals surface area contributed by atoms with Gasteiger partial charge in [0.15, 0.2) is 0 Å². The van der Waals surface area contributed by atoms with Crippen molar-refractivity contribution < 1.29 is 0 Å².